The Morgan fingerprint density at radius 1 is 0.236 bits per heavy atom. The summed E-state index contributed by atoms with van der Waals surface area (Å²) in [4.78, 5) is 15.3. The largest absolute Gasteiger partial charge is 0.256 e. The van der Waals surface area contributed by atoms with Crippen molar-refractivity contribution in [1.29, 1.82) is 0 Å². The van der Waals surface area contributed by atoms with E-state index in [1.807, 2.05) is 18.6 Å². The lowest BCUT2D eigenvalue weighted by atomic mass is 9.65. The van der Waals surface area contributed by atoms with Gasteiger partial charge in [-0.25, -0.2) is 0 Å². The lowest BCUT2D eigenvalue weighted by molar-refractivity contribution is 0.352. The van der Waals surface area contributed by atoms with Crippen LogP contribution in [0.1, 0.15) is 159 Å². The molecule has 9 aromatic carbocycles. The summed E-state index contributed by atoms with van der Waals surface area (Å²) in [5, 5.41) is 4.36. The number of nitrogens with zero attached hydrogens (tertiary/aromatic N) is 3. The van der Waals surface area contributed by atoms with Gasteiger partial charge < -0.3 is 0 Å². The molecule has 0 amide bonds. The molecule has 0 spiro atoms. The Kier molecular flexibility index (Phi) is 20.6. The fraction of sp³-hybridized carbons (Fsp3) is 0.310. The van der Waals surface area contributed by atoms with E-state index in [-0.39, 0.29) is 39.4 Å². The van der Waals surface area contributed by atoms with Crippen molar-refractivity contribution in [3.8, 4) is 101 Å². The third-order valence-corrected chi connectivity index (χ3v) is 28.8. The van der Waals surface area contributed by atoms with Gasteiger partial charge in [0, 0.05) is 35.3 Å². The van der Waals surface area contributed by atoms with Crippen LogP contribution in [-0.4, -0.2) is 39.2 Å². The molecule has 6 heteroatoms. The van der Waals surface area contributed by atoms with Gasteiger partial charge in [-0.05, 0) is 219 Å². The molecular weight excluding hydrogens is 1330 g/mol. The minimum absolute atomic E-state index is 0.0250. The third-order valence-electron chi connectivity index (χ3n) is 22.7. The molecule has 3 heterocycles. The topological polar surface area (TPSA) is 38.7 Å². The monoisotopic (exact) mass is 1440 g/mol. The molecular formula is C100H113N3Si3. The van der Waals surface area contributed by atoms with Gasteiger partial charge in [-0.15, -0.1) is 0 Å². The summed E-state index contributed by atoms with van der Waals surface area (Å²) >= 11 is 0. The zero-order valence-electron chi connectivity index (χ0n) is 67.4. The average molecular weight is 1440 g/mol. The first-order valence-electron chi connectivity index (χ1n) is 38.9. The number of hydrogen-bond acceptors (Lipinski definition) is 3. The smallest absolute Gasteiger partial charge is 0.0776 e. The van der Waals surface area contributed by atoms with E-state index in [1.165, 1.54) is 121 Å². The van der Waals surface area contributed by atoms with Gasteiger partial charge in [-0.2, -0.15) is 0 Å². The lowest BCUT2D eigenvalue weighted by Gasteiger charge is -2.39. The average Bonchev–Trinajstić information content (AvgIpc) is 0.760. The van der Waals surface area contributed by atoms with Gasteiger partial charge in [-0.1, -0.05) is 333 Å². The van der Waals surface area contributed by atoms with Crippen LogP contribution in [0.15, 0.2) is 249 Å². The Morgan fingerprint density at radius 3 is 0.840 bits per heavy atom. The molecule has 1 aliphatic carbocycles. The molecule has 1 saturated carbocycles. The van der Waals surface area contributed by atoms with Gasteiger partial charge >= 0.3 is 0 Å². The summed E-state index contributed by atoms with van der Waals surface area (Å²) in [5.41, 5.74) is 30.8. The summed E-state index contributed by atoms with van der Waals surface area (Å²) in [6, 6.07) is 90.5. The Bertz CT molecular complexity index is 5020. The zero-order valence-corrected chi connectivity index (χ0v) is 70.4. The summed E-state index contributed by atoms with van der Waals surface area (Å²) in [6.45, 7) is 50.0. The van der Waals surface area contributed by atoms with E-state index in [0.29, 0.717) is 0 Å². The fourth-order valence-electron chi connectivity index (χ4n) is 16.0. The van der Waals surface area contributed by atoms with Crippen LogP contribution in [0.25, 0.3) is 101 Å². The van der Waals surface area contributed by atoms with Crippen LogP contribution in [-0.2, 0) is 21.7 Å². The van der Waals surface area contributed by atoms with Crippen molar-refractivity contribution in [2.75, 3.05) is 0 Å². The summed E-state index contributed by atoms with van der Waals surface area (Å²) in [7, 11) is -5.20. The Labute approximate surface area is 639 Å². The molecule has 2 unspecified atom stereocenters. The van der Waals surface area contributed by atoms with E-state index in [1.54, 1.807) is 0 Å². The number of benzene rings is 9. The van der Waals surface area contributed by atoms with E-state index < -0.39 is 24.2 Å². The first kappa shape index (κ1) is 75.3. The number of aromatic nitrogens is 3. The minimum atomic E-state index is -1.75. The van der Waals surface area contributed by atoms with Gasteiger partial charge in [0.25, 0.3) is 0 Å². The summed E-state index contributed by atoms with van der Waals surface area (Å²) in [6.07, 6.45) is 8.94. The first-order chi connectivity index (χ1) is 49.9. The van der Waals surface area contributed by atoms with Crippen molar-refractivity contribution in [2.24, 2.45) is 0 Å². The SMILES string of the molecule is CC(C)(C)c1ccnc(-c2ccc(-c3ccccc3C3CC(c4ccccc4-c4ccc(-c5cc(C(C)(C)C)ccn5)cc4-c4cccc([Si](C)(C)C)c4)CC(c4ccc(C(C)(C)C)cc4-c4ccc(-c5cc(C(C)(C)C)ccn5)cc4-c4cccc([Si](C)(C)C)c4)C3)c(-c3cccc([Si](C)(C)C)c3)c2)c1. The standard InChI is InChI=1S/C100H113N3Si3/c1-97(2,3)75-42-46-84(93(62-75)89-45-41-71(96-65-78(49-52-103-96)100(10,11)12)61-92(89)68-31-28-34-81(58-68)106(19,20)21)74-54-72(82-35-22-24-37-85(82)87-43-39-69(94-63-76(47-50-101-94)98(4,5)6)59-90(87)66-29-26-32-79(56-66)104(13,14)15)53-73(55-74)83-36-23-25-38-86(83)88-44-40-70(95-64-77(48-51-102-95)99(7,8)9)60-91(88)67-30-27-33-80(57-67)105(16,17)18/h22-52,56-65,72-74H,53-55H2,1-21H3. The highest BCUT2D eigenvalue weighted by atomic mass is 28.3. The van der Waals surface area contributed by atoms with Crippen molar-refractivity contribution < 1.29 is 0 Å². The maximum Gasteiger partial charge on any atom is 0.0776 e. The van der Waals surface area contributed by atoms with Crippen molar-refractivity contribution in [3.63, 3.8) is 0 Å². The Morgan fingerprint density at radius 2 is 0.528 bits per heavy atom. The quantitative estimate of drug-likeness (QED) is 0.0960. The van der Waals surface area contributed by atoms with E-state index >= 15 is 0 Å². The van der Waals surface area contributed by atoms with Crippen LogP contribution in [0, 0.1) is 0 Å². The van der Waals surface area contributed by atoms with Gasteiger partial charge in [0.1, 0.15) is 0 Å². The zero-order chi connectivity index (χ0) is 75.6. The van der Waals surface area contributed by atoms with Crippen LogP contribution >= 0.6 is 0 Å². The number of hydrogen-bond donors (Lipinski definition) is 0. The third kappa shape index (κ3) is 16.3. The van der Waals surface area contributed by atoms with E-state index in [9.17, 15) is 0 Å². The highest BCUT2D eigenvalue weighted by Crippen LogP contribution is 2.55. The lowest BCUT2D eigenvalue weighted by Crippen LogP contribution is -2.37. The van der Waals surface area contributed by atoms with Crippen LogP contribution in [0.2, 0.25) is 58.9 Å². The second-order valence-corrected chi connectivity index (χ2v) is 53.1. The molecule has 12 aromatic rings. The van der Waals surface area contributed by atoms with E-state index in [0.717, 1.165) is 53.0 Å². The highest BCUT2D eigenvalue weighted by molar-refractivity contribution is 6.89. The van der Waals surface area contributed by atoms with Crippen molar-refractivity contribution in [1.82, 2.24) is 15.0 Å². The van der Waals surface area contributed by atoms with Gasteiger partial charge in [0.15, 0.2) is 0 Å². The highest BCUT2D eigenvalue weighted by Gasteiger charge is 2.37. The number of rotatable bonds is 15. The predicted molar refractivity (Wildman–Crippen MR) is 467 cm³/mol. The van der Waals surface area contributed by atoms with Gasteiger partial charge in [0.2, 0.25) is 0 Å². The summed E-state index contributed by atoms with van der Waals surface area (Å²) in [5.74, 6) is 0.497. The van der Waals surface area contributed by atoms with Crippen LogP contribution in [0.5, 0.6) is 0 Å². The maximum absolute atomic E-state index is 5.12. The van der Waals surface area contributed by atoms with Crippen molar-refractivity contribution in [3.05, 3.63) is 288 Å². The van der Waals surface area contributed by atoms with Crippen molar-refractivity contribution >= 4 is 39.8 Å². The van der Waals surface area contributed by atoms with Crippen LogP contribution in [0.3, 0.4) is 0 Å². The van der Waals surface area contributed by atoms with E-state index in [4.69, 9.17) is 15.0 Å². The molecule has 0 radical (unpaired) electrons. The van der Waals surface area contributed by atoms with Crippen LogP contribution < -0.4 is 15.6 Å². The molecule has 13 rings (SSSR count). The molecule has 3 nitrogen and oxygen atoms in total. The maximum atomic E-state index is 5.12. The summed E-state index contributed by atoms with van der Waals surface area (Å²) < 4.78 is 0. The molecule has 3 aromatic heterocycles. The molecule has 106 heavy (non-hydrogen) atoms. The Hall–Kier alpha value is -8.92. The van der Waals surface area contributed by atoms with Crippen LogP contribution in [0.4, 0.5) is 0 Å². The molecule has 0 aliphatic heterocycles. The van der Waals surface area contributed by atoms with E-state index in [2.05, 4.69) is 373 Å². The van der Waals surface area contributed by atoms with Gasteiger partial charge in [-0.3, -0.25) is 15.0 Å². The molecule has 540 valence electrons. The fourth-order valence-corrected chi connectivity index (χ4v) is 19.6. The molecule has 1 fully saturated rings. The number of pyridine rings is 3. The van der Waals surface area contributed by atoms with Gasteiger partial charge in [0.05, 0.1) is 41.3 Å². The normalized spacial score (nSPS) is 15.6. The predicted octanol–water partition coefficient (Wildman–Crippen LogP) is 26.5. The molecule has 2 atom stereocenters. The molecule has 0 bridgehead atoms. The Balaban J connectivity index is 1.05. The second-order valence-electron chi connectivity index (χ2n) is 37.8. The molecule has 0 N–H and O–H groups in total. The van der Waals surface area contributed by atoms with Crippen molar-refractivity contribution in [2.45, 2.75) is 201 Å². The molecule has 1 aliphatic rings. The second kappa shape index (κ2) is 29.0. The first-order valence-corrected chi connectivity index (χ1v) is 49.4. The minimum Gasteiger partial charge on any atom is -0.256 e. The molecule has 0 saturated heterocycles.